The van der Waals surface area contributed by atoms with Gasteiger partial charge >= 0.3 is 0 Å². The lowest BCUT2D eigenvalue weighted by molar-refractivity contribution is -0.115. The minimum atomic E-state index is -1.66. The van der Waals surface area contributed by atoms with E-state index in [0.717, 1.165) is 17.7 Å². The van der Waals surface area contributed by atoms with Crippen LogP contribution in [0, 0.1) is 17.5 Å². The quantitative estimate of drug-likeness (QED) is 0.224. The maximum absolute atomic E-state index is 13.6. The molecule has 0 spiro atoms. The van der Waals surface area contributed by atoms with Crippen LogP contribution in [0.3, 0.4) is 0 Å². The summed E-state index contributed by atoms with van der Waals surface area (Å²) in [4.78, 5) is 29.3. The second-order valence-electron chi connectivity index (χ2n) is 6.45. The number of rotatable bonds is 6. The van der Waals surface area contributed by atoms with Gasteiger partial charge < -0.3 is 20.9 Å². The topological polar surface area (TPSA) is 85.8 Å². The van der Waals surface area contributed by atoms with Crippen molar-refractivity contribution in [2.75, 3.05) is 33.0 Å². The summed E-state index contributed by atoms with van der Waals surface area (Å²) in [7, 11) is 4.84. The van der Waals surface area contributed by atoms with Crippen LogP contribution in [0.2, 0.25) is 0 Å². The number of hydrogen-bond donors (Lipinski definition) is 3. The van der Waals surface area contributed by atoms with Crippen molar-refractivity contribution >= 4 is 47.4 Å². The Morgan fingerprint density at radius 3 is 2.19 bits per heavy atom. The molecule has 2 aromatic carbocycles. The van der Waals surface area contributed by atoms with Gasteiger partial charge in [-0.15, -0.1) is 24.0 Å². The molecule has 31 heavy (non-hydrogen) atoms. The van der Waals surface area contributed by atoms with Crippen molar-refractivity contribution in [1.29, 1.82) is 0 Å². The molecule has 0 heterocycles. The molecular weight excluding hydrogens is 526 g/mol. The molecule has 0 atom stereocenters. The highest BCUT2D eigenvalue weighted by molar-refractivity contribution is 14.0. The molecule has 0 saturated heterocycles. The fourth-order valence-electron chi connectivity index (χ4n) is 2.41. The summed E-state index contributed by atoms with van der Waals surface area (Å²) >= 11 is 0. The molecule has 0 unspecified atom stereocenters. The molecule has 0 aliphatic carbocycles. The molecule has 0 aliphatic rings. The third-order valence-electron chi connectivity index (χ3n) is 4.02. The van der Waals surface area contributed by atoms with Gasteiger partial charge in [0, 0.05) is 33.3 Å². The average Bonchev–Trinajstić information content (AvgIpc) is 2.74. The van der Waals surface area contributed by atoms with Gasteiger partial charge in [-0.2, -0.15) is 0 Å². The first-order valence-corrected chi connectivity index (χ1v) is 8.91. The van der Waals surface area contributed by atoms with E-state index < -0.39 is 29.0 Å². The van der Waals surface area contributed by atoms with Gasteiger partial charge in [-0.3, -0.25) is 14.6 Å². The minimum Gasteiger partial charge on any atom is -0.352 e. The molecule has 0 aromatic heterocycles. The highest BCUT2D eigenvalue weighted by atomic mass is 127. The largest absolute Gasteiger partial charge is 0.352 e. The third kappa shape index (κ3) is 7.42. The number of halogens is 4. The molecule has 11 heteroatoms. The molecular formula is C20H23F3IN5O2. The van der Waals surface area contributed by atoms with E-state index in [2.05, 4.69) is 20.9 Å². The van der Waals surface area contributed by atoms with Gasteiger partial charge in [0.1, 0.15) is 0 Å². The van der Waals surface area contributed by atoms with E-state index in [4.69, 9.17) is 0 Å². The summed E-state index contributed by atoms with van der Waals surface area (Å²) in [5, 5.41) is 7.87. The van der Waals surface area contributed by atoms with Crippen LogP contribution in [0.1, 0.15) is 15.9 Å². The Morgan fingerprint density at radius 1 is 0.968 bits per heavy atom. The van der Waals surface area contributed by atoms with Crippen LogP contribution < -0.4 is 16.0 Å². The predicted molar refractivity (Wildman–Crippen MR) is 123 cm³/mol. The summed E-state index contributed by atoms with van der Waals surface area (Å²) in [5.41, 5.74) is 0.977. The molecule has 7 nitrogen and oxygen atoms in total. The maximum atomic E-state index is 13.6. The number of nitrogens with one attached hydrogen (secondary N) is 3. The van der Waals surface area contributed by atoms with Crippen LogP contribution in [0.5, 0.6) is 0 Å². The van der Waals surface area contributed by atoms with Crippen molar-refractivity contribution in [3.63, 3.8) is 0 Å². The number of guanidine groups is 1. The number of amides is 2. The standard InChI is InChI=1S/C20H22F3N5O2.HI/c1-24-20(25-10-12-4-6-13(7-5-12)19(30)28(2)3)26-11-16(29)27-15-9-8-14(21)17(22)18(15)23;/h4-9H,10-11H2,1-3H3,(H,27,29)(H2,24,25,26);1H. The number of carbonyl (C=O) groups excluding carboxylic acids is 2. The Kier molecular flexibility index (Phi) is 10.3. The molecule has 0 saturated carbocycles. The lowest BCUT2D eigenvalue weighted by Gasteiger charge is -2.13. The van der Waals surface area contributed by atoms with E-state index in [1.54, 1.807) is 38.4 Å². The van der Waals surface area contributed by atoms with E-state index in [1.807, 2.05) is 0 Å². The van der Waals surface area contributed by atoms with Gasteiger partial charge in [0.15, 0.2) is 23.4 Å². The zero-order valence-electron chi connectivity index (χ0n) is 17.1. The monoisotopic (exact) mass is 549 g/mol. The number of nitrogens with zero attached hydrogens (tertiary/aromatic N) is 2. The molecule has 2 rings (SSSR count). The van der Waals surface area contributed by atoms with Gasteiger partial charge in [-0.05, 0) is 29.8 Å². The summed E-state index contributed by atoms with van der Waals surface area (Å²) < 4.78 is 39.8. The summed E-state index contributed by atoms with van der Waals surface area (Å²) in [6, 6.07) is 8.65. The fourth-order valence-corrected chi connectivity index (χ4v) is 2.41. The highest BCUT2D eigenvalue weighted by Crippen LogP contribution is 2.19. The van der Waals surface area contributed by atoms with Crippen molar-refractivity contribution < 1.29 is 22.8 Å². The molecule has 2 amide bonds. The van der Waals surface area contributed by atoms with E-state index in [1.165, 1.54) is 11.9 Å². The van der Waals surface area contributed by atoms with Crippen molar-refractivity contribution in [2.24, 2.45) is 4.99 Å². The number of carbonyl (C=O) groups is 2. The van der Waals surface area contributed by atoms with E-state index in [9.17, 15) is 22.8 Å². The smallest absolute Gasteiger partial charge is 0.253 e. The predicted octanol–water partition coefficient (Wildman–Crippen LogP) is 2.73. The Balaban J connectivity index is 0.00000480. The lowest BCUT2D eigenvalue weighted by atomic mass is 10.1. The Hall–Kier alpha value is -2.83. The third-order valence-corrected chi connectivity index (χ3v) is 4.02. The van der Waals surface area contributed by atoms with Crippen molar-refractivity contribution in [2.45, 2.75) is 6.54 Å². The van der Waals surface area contributed by atoms with Crippen LogP contribution in [0.4, 0.5) is 18.9 Å². The van der Waals surface area contributed by atoms with Crippen LogP contribution in [-0.4, -0.2) is 50.4 Å². The molecule has 2 aromatic rings. The number of hydrogen-bond acceptors (Lipinski definition) is 3. The van der Waals surface area contributed by atoms with Crippen LogP contribution >= 0.6 is 24.0 Å². The molecule has 0 radical (unpaired) electrons. The summed E-state index contributed by atoms with van der Waals surface area (Å²) in [6.07, 6.45) is 0. The van der Waals surface area contributed by atoms with Crippen LogP contribution in [0.25, 0.3) is 0 Å². The van der Waals surface area contributed by atoms with Crippen molar-refractivity contribution in [3.8, 4) is 0 Å². The second-order valence-corrected chi connectivity index (χ2v) is 6.45. The number of aliphatic imine (C=N–C) groups is 1. The maximum Gasteiger partial charge on any atom is 0.253 e. The lowest BCUT2D eigenvalue weighted by Crippen LogP contribution is -2.41. The van der Waals surface area contributed by atoms with E-state index in [0.29, 0.717) is 18.1 Å². The van der Waals surface area contributed by atoms with Gasteiger partial charge in [0.05, 0.1) is 12.2 Å². The fraction of sp³-hybridized carbons (Fsp3) is 0.250. The first kappa shape index (κ1) is 26.2. The second kappa shape index (κ2) is 12.1. The molecule has 3 N–H and O–H groups in total. The Bertz CT molecular complexity index is 953. The van der Waals surface area contributed by atoms with Crippen molar-refractivity contribution in [1.82, 2.24) is 15.5 Å². The number of anilines is 1. The zero-order valence-corrected chi connectivity index (χ0v) is 19.5. The van der Waals surface area contributed by atoms with E-state index in [-0.39, 0.29) is 36.4 Å². The average molecular weight is 549 g/mol. The van der Waals surface area contributed by atoms with Crippen molar-refractivity contribution in [3.05, 3.63) is 65.0 Å². The Labute approximate surface area is 195 Å². The number of benzene rings is 2. The van der Waals surface area contributed by atoms with Crippen LogP contribution in [0.15, 0.2) is 41.4 Å². The van der Waals surface area contributed by atoms with E-state index >= 15 is 0 Å². The summed E-state index contributed by atoms with van der Waals surface area (Å²) in [5.74, 6) is -4.94. The van der Waals surface area contributed by atoms with Gasteiger partial charge in [0.2, 0.25) is 5.91 Å². The van der Waals surface area contributed by atoms with Gasteiger partial charge in [-0.1, -0.05) is 12.1 Å². The van der Waals surface area contributed by atoms with Gasteiger partial charge in [-0.25, -0.2) is 13.2 Å². The summed E-state index contributed by atoms with van der Waals surface area (Å²) in [6.45, 7) is 0.0872. The van der Waals surface area contributed by atoms with Crippen LogP contribution in [-0.2, 0) is 11.3 Å². The normalized spacial score (nSPS) is 10.7. The first-order valence-electron chi connectivity index (χ1n) is 8.91. The SMILES string of the molecule is CN=C(NCC(=O)Nc1ccc(F)c(F)c1F)NCc1ccc(C(=O)N(C)C)cc1.I. The Morgan fingerprint density at radius 2 is 1.61 bits per heavy atom. The molecule has 168 valence electrons. The minimum absolute atomic E-state index is 0. The molecule has 0 aliphatic heterocycles. The zero-order chi connectivity index (χ0) is 22.3. The molecule has 0 fully saturated rings. The van der Waals surface area contributed by atoms with Gasteiger partial charge in [0.25, 0.3) is 5.91 Å². The highest BCUT2D eigenvalue weighted by Gasteiger charge is 2.15. The molecule has 0 bridgehead atoms. The first-order chi connectivity index (χ1) is 14.2.